The van der Waals surface area contributed by atoms with Gasteiger partial charge in [-0.15, -0.1) is 0 Å². The summed E-state index contributed by atoms with van der Waals surface area (Å²) in [6, 6.07) is 37.6. The molecule has 0 N–H and O–H groups in total. The summed E-state index contributed by atoms with van der Waals surface area (Å²) in [7, 11) is 3.06. The van der Waals surface area contributed by atoms with Gasteiger partial charge in [-0.3, -0.25) is 0 Å². The minimum Gasteiger partial charge on any atom is -0.201 e. The van der Waals surface area contributed by atoms with Crippen LogP contribution >= 0.6 is 0 Å². The first-order valence-electron chi connectivity index (χ1n) is 37.4. The van der Waals surface area contributed by atoms with E-state index in [0.717, 1.165) is 6.42 Å². The van der Waals surface area contributed by atoms with E-state index >= 15 is 0 Å². The van der Waals surface area contributed by atoms with Crippen molar-refractivity contribution in [3.8, 4) is 45.0 Å². The quantitative estimate of drug-likeness (QED) is 0.0856. The van der Waals surface area contributed by atoms with Gasteiger partial charge in [0.25, 0.3) is 0 Å². The number of aryl methyl sites for hydroxylation is 9. The second-order valence-corrected chi connectivity index (χ2v) is 59.1. The highest BCUT2D eigenvalue weighted by atomic mass is 28.3. The van der Waals surface area contributed by atoms with Crippen LogP contribution in [0.15, 0.2) is 122 Å². The zero-order valence-electron chi connectivity index (χ0n) is 70.8. The molecular formula is C91H142N4Si4+4. The number of nitrogens with zero attached hydrogens (tertiary/aromatic N) is 4. The van der Waals surface area contributed by atoms with Crippen LogP contribution in [0.5, 0.6) is 0 Å². The van der Waals surface area contributed by atoms with E-state index in [1.165, 1.54) is 112 Å². The van der Waals surface area contributed by atoms with Gasteiger partial charge in [0.1, 0.15) is 28.2 Å². The van der Waals surface area contributed by atoms with E-state index in [9.17, 15) is 0 Å². The molecule has 0 atom stereocenters. The molecule has 0 saturated heterocycles. The molecule has 8 heteroatoms. The van der Waals surface area contributed by atoms with Crippen molar-refractivity contribution in [2.24, 2.45) is 34.1 Å². The van der Waals surface area contributed by atoms with Gasteiger partial charge in [-0.25, -0.2) is 18.3 Å². The molecule has 0 amide bonds. The Morgan fingerprint density at radius 3 is 1.01 bits per heavy atom. The van der Waals surface area contributed by atoms with Crippen LogP contribution in [-0.2, 0) is 56.3 Å². The molecule has 8 rings (SSSR count). The molecule has 0 radical (unpaired) electrons. The van der Waals surface area contributed by atoms with Gasteiger partial charge in [-0.1, -0.05) is 257 Å². The highest BCUT2D eigenvalue weighted by molar-refractivity contribution is 6.90. The van der Waals surface area contributed by atoms with Crippen LogP contribution in [-0.4, -0.2) is 32.3 Å². The van der Waals surface area contributed by atoms with E-state index in [-0.39, 0.29) is 21.7 Å². The third kappa shape index (κ3) is 21.7. The van der Waals surface area contributed by atoms with Crippen molar-refractivity contribution in [3.63, 3.8) is 0 Å². The molecular weight excluding hydrogens is 1260 g/mol. The summed E-state index contributed by atoms with van der Waals surface area (Å²) in [4.78, 5) is 0. The van der Waals surface area contributed by atoms with Crippen molar-refractivity contribution in [1.82, 2.24) is 0 Å². The lowest BCUT2D eigenvalue weighted by molar-refractivity contribution is -0.661. The molecule has 4 heterocycles. The van der Waals surface area contributed by atoms with Crippen molar-refractivity contribution in [3.05, 3.63) is 189 Å². The third-order valence-electron chi connectivity index (χ3n) is 19.9. The van der Waals surface area contributed by atoms with Gasteiger partial charge in [0.2, 0.25) is 22.8 Å². The maximum Gasteiger partial charge on any atom is 0.212 e. The van der Waals surface area contributed by atoms with E-state index < -0.39 is 32.3 Å². The molecule has 0 bridgehead atoms. The van der Waals surface area contributed by atoms with Gasteiger partial charge in [0.05, 0.1) is 32.3 Å². The molecule has 538 valence electrons. The Kier molecular flexibility index (Phi) is 26.7. The van der Waals surface area contributed by atoms with Crippen LogP contribution in [0.25, 0.3) is 45.0 Å². The lowest BCUT2D eigenvalue weighted by Crippen LogP contribution is -2.47. The van der Waals surface area contributed by atoms with E-state index in [2.05, 4.69) is 406 Å². The molecule has 4 aromatic heterocycles. The zero-order chi connectivity index (χ0) is 75.7. The number of hydrogen-bond acceptors (Lipinski definition) is 0. The fourth-order valence-electron chi connectivity index (χ4n) is 13.7. The van der Waals surface area contributed by atoms with Crippen LogP contribution in [0.2, 0.25) is 78.6 Å². The Balaban J connectivity index is 0.000000238. The lowest BCUT2D eigenvalue weighted by atomic mass is 9.85. The predicted octanol–water partition coefficient (Wildman–Crippen LogP) is 21.1. The summed E-state index contributed by atoms with van der Waals surface area (Å²) < 4.78 is 9.30. The first kappa shape index (κ1) is 84.0. The molecule has 0 spiro atoms. The largest absolute Gasteiger partial charge is 0.212 e. The summed E-state index contributed by atoms with van der Waals surface area (Å²) in [5.74, 6) is 1.79. The average Bonchev–Trinajstić information content (AvgIpc) is 0.785. The molecule has 0 aliphatic carbocycles. The van der Waals surface area contributed by atoms with Crippen LogP contribution in [0.3, 0.4) is 0 Å². The number of aromatic nitrogens is 4. The summed E-state index contributed by atoms with van der Waals surface area (Å²) in [5.41, 5.74) is 28.5. The normalized spacial score (nSPS) is 12.7. The van der Waals surface area contributed by atoms with Crippen molar-refractivity contribution in [1.29, 1.82) is 0 Å². The maximum absolute atomic E-state index is 2.49. The molecule has 0 aliphatic heterocycles. The van der Waals surface area contributed by atoms with Crippen molar-refractivity contribution < 1.29 is 18.3 Å². The van der Waals surface area contributed by atoms with E-state index in [4.69, 9.17) is 0 Å². The van der Waals surface area contributed by atoms with Crippen LogP contribution in [0.4, 0.5) is 0 Å². The van der Waals surface area contributed by atoms with Gasteiger partial charge in [0, 0.05) is 68.8 Å². The number of hydrogen-bond donors (Lipinski definition) is 0. The topological polar surface area (TPSA) is 15.5 Å². The van der Waals surface area contributed by atoms with Crippen molar-refractivity contribution in [2.75, 3.05) is 0 Å². The Labute approximate surface area is 612 Å². The number of rotatable bonds is 12. The highest BCUT2D eigenvalue weighted by Crippen LogP contribution is 2.34. The van der Waals surface area contributed by atoms with Crippen LogP contribution in [0.1, 0.15) is 203 Å². The lowest BCUT2D eigenvalue weighted by Gasteiger charge is -2.28. The summed E-state index contributed by atoms with van der Waals surface area (Å²) in [6.07, 6.45) is 10.6. The monoisotopic (exact) mass is 1400 g/mol. The summed E-state index contributed by atoms with van der Waals surface area (Å²) >= 11 is 0. The smallest absolute Gasteiger partial charge is 0.201 e. The van der Waals surface area contributed by atoms with Gasteiger partial charge < -0.3 is 0 Å². The molecule has 0 saturated carbocycles. The minimum absolute atomic E-state index is 0.167. The number of benzene rings is 4. The molecule has 0 unspecified atom stereocenters. The Morgan fingerprint density at radius 1 is 0.323 bits per heavy atom. The fraction of sp³-hybridized carbons (Fsp3) is 0.516. The molecule has 0 fully saturated rings. The van der Waals surface area contributed by atoms with Crippen molar-refractivity contribution >= 4 is 53.0 Å². The molecule has 8 aromatic rings. The Morgan fingerprint density at radius 2 is 0.667 bits per heavy atom. The van der Waals surface area contributed by atoms with Crippen LogP contribution in [0, 0.1) is 40.5 Å². The summed E-state index contributed by atoms with van der Waals surface area (Å²) in [6.45, 7) is 82.1. The highest BCUT2D eigenvalue weighted by Gasteiger charge is 2.35. The maximum atomic E-state index is 2.49. The van der Waals surface area contributed by atoms with Gasteiger partial charge in [-0.05, 0) is 164 Å². The first-order valence-corrected chi connectivity index (χ1v) is 51.4. The van der Waals surface area contributed by atoms with Crippen LogP contribution < -0.4 is 39.0 Å². The minimum atomic E-state index is -1.45. The molecule has 99 heavy (non-hydrogen) atoms. The Bertz CT molecular complexity index is 4140. The van der Waals surface area contributed by atoms with Gasteiger partial charge in [-0.2, -0.15) is 0 Å². The fourth-order valence-corrected chi connectivity index (χ4v) is 20.9. The average molecular weight is 1400 g/mol. The Hall–Kier alpha value is -5.65. The molecule has 4 aromatic carbocycles. The van der Waals surface area contributed by atoms with Gasteiger partial charge in [0.15, 0.2) is 24.8 Å². The standard InChI is InChI=1S/C24H38NSi.2C23H36NSi.C21H32NSi/c1-17(2)13-19-12-11-18(3)20(14-19)22-15-23(26(8,9)10)21(16-25(22)7)24(4,5)6;1-16(2)20-15-24(7)21(14-22(20)25(8,9)10)19-12-11-18(13-17(19)3)23(4,5)6;1-16(2)18-12-11-17(3)19(13-18)21-14-22(25(8,9)10)20(15-24(21)7)23(4,5)6;1-15-10-11-16(2)17(12-15)19-13-20(23(7,8)9)18(14-22(19)6)21(3,4)5/h11-12,14-17H,13H2,1-10H3;2*11-16H,1-10H3;10-14H,1-9H3/q4*+1. The van der Waals surface area contributed by atoms with Gasteiger partial charge >= 0.3 is 0 Å². The van der Waals surface area contributed by atoms with E-state index in [1.54, 1.807) is 20.7 Å². The second kappa shape index (κ2) is 31.5. The molecule has 4 nitrogen and oxygen atoms in total. The molecule has 0 aliphatic rings. The zero-order valence-corrected chi connectivity index (χ0v) is 74.8. The van der Waals surface area contributed by atoms with E-state index in [1.807, 2.05) is 0 Å². The first-order chi connectivity index (χ1) is 44.9. The predicted molar refractivity (Wildman–Crippen MR) is 449 cm³/mol. The number of pyridine rings is 4. The van der Waals surface area contributed by atoms with E-state index in [0.29, 0.717) is 17.8 Å². The summed E-state index contributed by atoms with van der Waals surface area (Å²) in [5, 5.41) is 6.35. The second-order valence-electron chi connectivity index (χ2n) is 38.9. The third-order valence-corrected chi connectivity index (χ3v) is 28.0. The van der Waals surface area contributed by atoms with Crippen molar-refractivity contribution in [2.45, 2.75) is 278 Å². The SMILES string of the molecule is Cc1cc(C(C)(C)C)ccc1-c1cc([Si](C)(C)C)c(C(C)C)c[n+]1C.Cc1ccc(C(C)C)cc1-c1cc([Si](C)(C)C)c(C(C)(C)C)c[n+]1C.Cc1ccc(C)c(-c2cc([Si](C)(C)C)c(C(C)(C)C)c[n+]2C)c1.Cc1ccc(CC(C)C)cc1-c1cc([Si](C)(C)C)c(C(C)(C)C)c[n+]1C.